The predicted octanol–water partition coefficient (Wildman–Crippen LogP) is 5.37. The zero-order chi connectivity index (χ0) is 31.5. The number of aryl methyl sites for hydroxylation is 1. The molecule has 230 valence electrons. The molecule has 8 nitrogen and oxygen atoms in total. The minimum atomic E-state index is -4.21. The molecule has 2 amide bonds. The van der Waals surface area contributed by atoms with Gasteiger partial charge < -0.3 is 15.0 Å². The molecule has 0 heterocycles. The number of rotatable bonds is 14. The number of nitrogens with one attached hydrogen (secondary N) is 1. The molecule has 0 bridgehead atoms. The van der Waals surface area contributed by atoms with Crippen LogP contribution in [-0.4, -0.2) is 51.4 Å². The molecule has 1 N–H and O–H groups in total. The molecular weight excluding hydrogens is 574 g/mol. The van der Waals surface area contributed by atoms with Gasteiger partial charge in [0.15, 0.2) is 0 Å². The smallest absolute Gasteiger partial charge is 0.264 e. The summed E-state index contributed by atoms with van der Waals surface area (Å²) in [6.07, 6.45) is 0.987. The Bertz CT molecular complexity index is 1650. The third-order valence-corrected chi connectivity index (χ3v) is 9.16. The number of nitrogens with zero attached hydrogens (tertiary/aromatic N) is 2. The number of sulfonamides is 1. The summed E-state index contributed by atoms with van der Waals surface area (Å²) >= 11 is 0. The van der Waals surface area contributed by atoms with E-state index in [2.05, 4.69) is 5.32 Å². The van der Waals surface area contributed by atoms with Crippen molar-refractivity contribution in [3.8, 4) is 5.75 Å². The first kappa shape index (κ1) is 32.3. The molecule has 9 heteroatoms. The summed E-state index contributed by atoms with van der Waals surface area (Å²) in [5, 5.41) is 2.96. The molecule has 4 aromatic carbocycles. The largest absolute Gasteiger partial charge is 0.495 e. The predicted molar refractivity (Wildman–Crippen MR) is 173 cm³/mol. The van der Waals surface area contributed by atoms with Crippen molar-refractivity contribution in [3.05, 3.63) is 126 Å². The highest BCUT2D eigenvalue weighted by molar-refractivity contribution is 7.92. The summed E-state index contributed by atoms with van der Waals surface area (Å²) in [6, 6.07) is 30.9. The van der Waals surface area contributed by atoms with Crippen molar-refractivity contribution in [1.29, 1.82) is 0 Å². The molecular formula is C35H39N3O5S. The van der Waals surface area contributed by atoms with Gasteiger partial charge in [0.1, 0.15) is 18.3 Å². The van der Waals surface area contributed by atoms with E-state index in [4.69, 9.17) is 4.74 Å². The SMILES string of the molecule is CCCNC(=O)[C@@H](Cc1ccccc1)N(Cc1ccccc1C)C(=O)CN(c1ccccc1OC)S(=O)(=O)c1ccccc1. The topological polar surface area (TPSA) is 96.0 Å². The fourth-order valence-corrected chi connectivity index (χ4v) is 6.41. The van der Waals surface area contributed by atoms with E-state index >= 15 is 0 Å². The van der Waals surface area contributed by atoms with Crippen LogP contribution in [0.1, 0.15) is 30.0 Å². The lowest BCUT2D eigenvalue weighted by molar-refractivity contribution is -0.140. The highest BCUT2D eigenvalue weighted by Gasteiger charge is 2.35. The maximum atomic E-state index is 14.5. The number of benzene rings is 4. The first-order valence-corrected chi connectivity index (χ1v) is 16.1. The lowest BCUT2D eigenvalue weighted by Crippen LogP contribution is -2.53. The Balaban J connectivity index is 1.82. The van der Waals surface area contributed by atoms with Gasteiger partial charge in [0, 0.05) is 19.5 Å². The average Bonchev–Trinajstić information content (AvgIpc) is 3.05. The molecule has 0 aliphatic heterocycles. The van der Waals surface area contributed by atoms with Gasteiger partial charge in [0.05, 0.1) is 17.7 Å². The Kier molecular flexibility index (Phi) is 11.2. The second-order valence-electron chi connectivity index (χ2n) is 10.4. The molecule has 0 unspecified atom stereocenters. The molecule has 0 saturated heterocycles. The Labute approximate surface area is 260 Å². The van der Waals surface area contributed by atoms with Crippen LogP contribution in [0.25, 0.3) is 0 Å². The Morgan fingerprint density at radius 1 is 0.841 bits per heavy atom. The molecule has 0 aliphatic rings. The number of para-hydroxylation sites is 2. The van der Waals surface area contributed by atoms with Crippen molar-refractivity contribution >= 4 is 27.5 Å². The number of methoxy groups -OCH3 is 1. The van der Waals surface area contributed by atoms with Gasteiger partial charge in [0.25, 0.3) is 10.0 Å². The van der Waals surface area contributed by atoms with Gasteiger partial charge in [-0.05, 0) is 54.3 Å². The number of hydrogen-bond donors (Lipinski definition) is 1. The van der Waals surface area contributed by atoms with Gasteiger partial charge in [-0.2, -0.15) is 0 Å². The number of carbonyl (C=O) groups excluding carboxylic acids is 2. The normalized spacial score (nSPS) is 11.8. The third kappa shape index (κ3) is 7.85. The Hall–Kier alpha value is -4.63. The van der Waals surface area contributed by atoms with Gasteiger partial charge in [-0.15, -0.1) is 0 Å². The van der Waals surface area contributed by atoms with Crippen molar-refractivity contribution in [1.82, 2.24) is 10.2 Å². The van der Waals surface area contributed by atoms with Crippen LogP contribution in [0.2, 0.25) is 0 Å². The summed E-state index contributed by atoms with van der Waals surface area (Å²) in [4.78, 5) is 29.8. The summed E-state index contributed by atoms with van der Waals surface area (Å²) in [5.74, 6) is -0.523. The fraction of sp³-hybridized carbons (Fsp3) is 0.257. The second-order valence-corrected chi connectivity index (χ2v) is 12.3. The Morgan fingerprint density at radius 3 is 2.11 bits per heavy atom. The maximum Gasteiger partial charge on any atom is 0.264 e. The molecule has 0 spiro atoms. The van der Waals surface area contributed by atoms with Crippen LogP contribution in [0, 0.1) is 6.92 Å². The van der Waals surface area contributed by atoms with E-state index in [0.29, 0.717) is 12.3 Å². The van der Waals surface area contributed by atoms with Crippen LogP contribution in [0.5, 0.6) is 5.75 Å². The molecule has 4 aromatic rings. The molecule has 0 saturated carbocycles. The number of anilines is 1. The van der Waals surface area contributed by atoms with E-state index in [1.807, 2.05) is 68.4 Å². The average molecular weight is 614 g/mol. The number of carbonyl (C=O) groups is 2. The standard InChI is InChI=1S/C35H39N3O5S/c1-4-23-36-35(40)32(24-28-16-7-5-8-17-28)37(25-29-18-12-11-15-27(29)2)34(39)26-38(31-21-13-14-22-33(31)43-3)44(41,42)30-19-9-6-10-20-30/h5-22,32H,4,23-26H2,1-3H3,(H,36,40)/t32-/m1/s1. The highest BCUT2D eigenvalue weighted by Crippen LogP contribution is 2.32. The highest BCUT2D eigenvalue weighted by atomic mass is 32.2. The zero-order valence-corrected chi connectivity index (χ0v) is 26.2. The van der Waals surface area contributed by atoms with Gasteiger partial charge in [-0.1, -0.05) is 91.9 Å². The van der Waals surface area contributed by atoms with Gasteiger partial charge in [-0.3, -0.25) is 13.9 Å². The number of hydrogen-bond acceptors (Lipinski definition) is 5. The molecule has 1 atom stereocenters. The lowest BCUT2D eigenvalue weighted by Gasteiger charge is -2.34. The molecule has 0 fully saturated rings. The van der Waals surface area contributed by atoms with Crippen molar-refractivity contribution < 1.29 is 22.7 Å². The second kappa shape index (κ2) is 15.2. The third-order valence-electron chi connectivity index (χ3n) is 7.39. The van der Waals surface area contributed by atoms with Crippen LogP contribution >= 0.6 is 0 Å². The quantitative estimate of drug-likeness (QED) is 0.207. The van der Waals surface area contributed by atoms with E-state index in [0.717, 1.165) is 27.4 Å². The van der Waals surface area contributed by atoms with E-state index in [9.17, 15) is 18.0 Å². The number of amides is 2. The maximum absolute atomic E-state index is 14.5. The van der Waals surface area contributed by atoms with Crippen molar-refractivity contribution in [2.75, 3.05) is 24.5 Å². The zero-order valence-electron chi connectivity index (χ0n) is 25.3. The van der Waals surface area contributed by atoms with Crippen LogP contribution < -0.4 is 14.4 Å². The summed E-state index contributed by atoms with van der Waals surface area (Å²) in [7, 11) is -2.76. The van der Waals surface area contributed by atoms with Crippen molar-refractivity contribution in [2.45, 2.75) is 44.2 Å². The van der Waals surface area contributed by atoms with Crippen LogP contribution in [-0.2, 0) is 32.6 Å². The van der Waals surface area contributed by atoms with Crippen LogP contribution in [0.4, 0.5) is 5.69 Å². The van der Waals surface area contributed by atoms with Gasteiger partial charge in [0.2, 0.25) is 11.8 Å². The van der Waals surface area contributed by atoms with Gasteiger partial charge in [-0.25, -0.2) is 8.42 Å². The first-order chi connectivity index (χ1) is 21.3. The van der Waals surface area contributed by atoms with E-state index in [1.54, 1.807) is 42.5 Å². The van der Waals surface area contributed by atoms with Crippen LogP contribution in [0.3, 0.4) is 0 Å². The summed E-state index contributed by atoms with van der Waals surface area (Å²) in [6.45, 7) is 3.93. The molecule has 4 rings (SSSR count). The van der Waals surface area contributed by atoms with E-state index < -0.39 is 28.5 Å². The van der Waals surface area contributed by atoms with E-state index in [1.165, 1.54) is 24.1 Å². The summed E-state index contributed by atoms with van der Waals surface area (Å²) in [5.41, 5.74) is 2.91. The monoisotopic (exact) mass is 613 g/mol. The minimum Gasteiger partial charge on any atom is -0.495 e. The van der Waals surface area contributed by atoms with Gasteiger partial charge >= 0.3 is 0 Å². The first-order valence-electron chi connectivity index (χ1n) is 14.6. The summed E-state index contributed by atoms with van der Waals surface area (Å²) < 4.78 is 34.8. The molecule has 0 aliphatic carbocycles. The molecule has 0 radical (unpaired) electrons. The molecule has 44 heavy (non-hydrogen) atoms. The van der Waals surface area contributed by atoms with Crippen LogP contribution in [0.15, 0.2) is 114 Å². The van der Waals surface area contributed by atoms with E-state index in [-0.39, 0.29) is 29.5 Å². The lowest BCUT2D eigenvalue weighted by atomic mass is 10.0. The molecule has 0 aromatic heterocycles. The Morgan fingerprint density at radius 2 is 1.45 bits per heavy atom. The van der Waals surface area contributed by atoms with Crippen molar-refractivity contribution in [2.24, 2.45) is 0 Å². The minimum absolute atomic E-state index is 0.0330. The van der Waals surface area contributed by atoms with Crippen molar-refractivity contribution in [3.63, 3.8) is 0 Å². The number of ether oxygens (including phenoxy) is 1. The fourth-order valence-electron chi connectivity index (χ4n) is 4.96.